The molecule has 2 amide bonds. The van der Waals surface area contributed by atoms with E-state index in [2.05, 4.69) is 10.3 Å². The predicted octanol–water partition coefficient (Wildman–Crippen LogP) is 2.52. The Bertz CT molecular complexity index is 923. The number of benzene rings is 2. The van der Waals surface area contributed by atoms with Gasteiger partial charge in [-0.25, -0.2) is 4.39 Å². The number of rotatable bonds is 6. The molecule has 0 spiro atoms. The van der Waals surface area contributed by atoms with Crippen molar-refractivity contribution < 1.29 is 18.7 Å². The molecule has 0 aromatic heterocycles. The van der Waals surface area contributed by atoms with Crippen molar-refractivity contribution in [3.63, 3.8) is 0 Å². The summed E-state index contributed by atoms with van der Waals surface area (Å²) in [5.41, 5.74) is 0.779. The monoisotopic (exact) mass is 383 g/mol. The maximum absolute atomic E-state index is 13.1. The largest absolute Gasteiger partial charge is 0.497 e. The SMILES string of the molecule is COc1cccc(CNC(=O)CN2C(=O)C(c3ccc(F)cc3)=NC2(C)C)c1. The molecule has 7 heteroatoms. The molecule has 146 valence electrons. The maximum Gasteiger partial charge on any atom is 0.275 e. The van der Waals surface area contributed by atoms with Gasteiger partial charge in [-0.15, -0.1) is 0 Å². The van der Waals surface area contributed by atoms with Gasteiger partial charge in [0.1, 0.15) is 29.5 Å². The molecule has 0 atom stereocenters. The normalized spacial score (nSPS) is 15.4. The average molecular weight is 383 g/mol. The van der Waals surface area contributed by atoms with Crippen LogP contribution in [0.5, 0.6) is 5.75 Å². The van der Waals surface area contributed by atoms with Gasteiger partial charge in [-0.3, -0.25) is 14.6 Å². The Morgan fingerprint density at radius 2 is 1.93 bits per heavy atom. The highest BCUT2D eigenvalue weighted by Gasteiger charge is 2.41. The third kappa shape index (κ3) is 4.19. The summed E-state index contributed by atoms with van der Waals surface area (Å²) in [6.07, 6.45) is 0. The molecule has 0 radical (unpaired) electrons. The summed E-state index contributed by atoms with van der Waals surface area (Å²) in [5, 5.41) is 2.81. The molecule has 1 aliphatic rings. The van der Waals surface area contributed by atoms with Gasteiger partial charge in [0, 0.05) is 12.1 Å². The minimum atomic E-state index is -0.867. The van der Waals surface area contributed by atoms with Crippen LogP contribution in [0, 0.1) is 5.82 Å². The van der Waals surface area contributed by atoms with Gasteiger partial charge < -0.3 is 15.0 Å². The lowest BCUT2D eigenvalue weighted by molar-refractivity contribution is -0.134. The van der Waals surface area contributed by atoms with E-state index >= 15 is 0 Å². The number of hydrogen-bond acceptors (Lipinski definition) is 4. The summed E-state index contributed by atoms with van der Waals surface area (Å²) in [5.74, 6) is -0.323. The van der Waals surface area contributed by atoms with Crippen LogP contribution in [0.4, 0.5) is 4.39 Å². The van der Waals surface area contributed by atoms with Crippen molar-refractivity contribution in [1.29, 1.82) is 0 Å². The molecule has 2 aromatic rings. The van der Waals surface area contributed by atoms with Crippen LogP contribution in [0.1, 0.15) is 25.0 Å². The van der Waals surface area contributed by atoms with Crippen molar-refractivity contribution in [2.45, 2.75) is 26.1 Å². The van der Waals surface area contributed by atoms with Crippen LogP contribution >= 0.6 is 0 Å². The third-order valence-electron chi connectivity index (χ3n) is 4.54. The van der Waals surface area contributed by atoms with E-state index in [0.29, 0.717) is 17.9 Å². The van der Waals surface area contributed by atoms with Crippen LogP contribution in [-0.2, 0) is 16.1 Å². The van der Waals surface area contributed by atoms with Crippen molar-refractivity contribution in [2.75, 3.05) is 13.7 Å². The van der Waals surface area contributed by atoms with Gasteiger partial charge in [0.05, 0.1) is 7.11 Å². The second-order valence-electron chi connectivity index (χ2n) is 6.98. The van der Waals surface area contributed by atoms with Crippen molar-refractivity contribution >= 4 is 17.5 Å². The first kappa shape index (κ1) is 19.5. The smallest absolute Gasteiger partial charge is 0.275 e. The van der Waals surface area contributed by atoms with Crippen LogP contribution in [0.2, 0.25) is 0 Å². The minimum absolute atomic E-state index is 0.121. The van der Waals surface area contributed by atoms with Crippen molar-refractivity contribution in [3.05, 3.63) is 65.5 Å². The number of methoxy groups -OCH3 is 1. The van der Waals surface area contributed by atoms with Gasteiger partial charge >= 0.3 is 0 Å². The molecule has 0 saturated heterocycles. The fourth-order valence-corrected chi connectivity index (χ4v) is 3.00. The van der Waals surface area contributed by atoms with E-state index in [1.807, 2.05) is 24.3 Å². The number of carbonyl (C=O) groups excluding carboxylic acids is 2. The molecule has 28 heavy (non-hydrogen) atoms. The minimum Gasteiger partial charge on any atom is -0.497 e. The molecular formula is C21H22FN3O3. The zero-order valence-corrected chi connectivity index (χ0v) is 16.0. The number of carbonyl (C=O) groups is 2. The lowest BCUT2D eigenvalue weighted by Gasteiger charge is -2.28. The number of hydrogen-bond donors (Lipinski definition) is 1. The number of ether oxygens (including phenoxy) is 1. The first-order valence-electron chi connectivity index (χ1n) is 8.87. The van der Waals surface area contributed by atoms with E-state index in [9.17, 15) is 14.0 Å². The van der Waals surface area contributed by atoms with Crippen molar-refractivity contribution in [1.82, 2.24) is 10.2 Å². The molecule has 2 aromatic carbocycles. The van der Waals surface area contributed by atoms with Gasteiger partial charge in [0.25, 0.3) is 5.91 Å². The molecule has 0 fully saturated rings. The Morgan fingerprint density at radius 1 is 1.21 bits per heavy atom. The van der Waals surface area contributed by atoms with Gasteiger partial charge in [-0.2, -0.15) is 0 Å². The summed E-state index contributed by atoms with van der Waals surface area (Å²) in [7, 11) is 1.58. The second-order valence-corrected chi connectivity index (χ2v) is 6.98. The standard InChI is InChI=1S/C21H22FN3O3/c1-21(2)24-19(15-7-9-16(22)10-8-15)20(27)25(21)13-18(26)23-12-14-5-4-6-17(11-14)28-3/h4-11H,12-13H2,1-3H3,(H,23,26). The van der Waals surface area contributed by atoms with Crippen molar-refractivity contribution in [2.24, 2.45) is 4.99 Å². The summed E-state index contributed by atoms with van der Waals surface area (Å²) >= 11 is 0. The molecule has 0 aliphatic carbocycles. The molecule has 1 aliphatic heterocycles. The van der Waals surface area contributed by atoms with E-state index in [1.54, 1.807) is 21.0 Å². The van der Waals surface area contributed by atoms with E-state index < -0.39 is 5.66 Å². The molecule has 1 heterocycles. The number of halogens is 1. The highest BCUT2D eigenvalue weighted by molar-refractivity contribution is 6.46. The van der Waals surface area contributed by atoms with Crippen LogP contribution < -0.4 is 10.1 Å². The summed E-state index contributed by atoms with van der Waals surface area (Å²) in [6, 6.07) is 13.0. The first-order chi connectivity index (χ1) is 13.3. The number of nitrogens with one attached hydrogen (secondary N) is 1. The molecular weight excluding hydrogens is 361 g/mol. The first-order valence-corrected chi connectivity index (χ1v) is 8.87. The maximum atomic E-state index is 13.1. The molecule has 6 nitrogen and oxygen atoms in total. The van der Waals surface area contributed by atoms with Crippen LogP contribution in [0.3, 0.4) is 0 Å². The van der Waals surface area contributed by atoms with Crippen LogP contribution in [0.25, 0.3) is 0 Å². The van der Waals surface area contributed by atoms with Gasteiger partial charge in [0.2, 0.25) is 5.91 Å². The summed E-state index contributed by atoms with van der Waals surface area (Å²) in [6.45, 7) is 3.72. The van der Waals surface area contributed by atoms with E-state index in [4.69, 9.17) is 4.74 Å². The molecule has 0 unspecified atom stereocenters. The van der Waals surface area contributed by atoms with E-state index in [1.165, 1.54) is 29.2 Å². The quantitative estimate of drug-likeness (QED) is 0.833. The second kappa shape index (κ2) is 7.80. The van der Waals surface area contributed by atoms with Gasteiger partial charge in [0.15, 0.2) is 0 Å². The number of nitrogens with zero attached hydrogens (tertiary/aromatic N) is 2. The Labute approximate surface area is 163 Å². The van der Waals surface area contributed by atoms with Gasteiger partial charge in [-0.1, -0.05) is 12.1 Å². The summed E-state index contributed by atoms with van der Waals surface area (Å²) in [4.78, 5) is 31.1. The van der Waals surface area contributed by atoms with Crippen LogP contribution in [-0.4, -0.2) is 41.7 Å². The van der Waals surface area contributed by atoms with E-state index in [0.717, 1.165) is 5.56 Å². The topological polar surface area (TPSA) is 71.0 Å². The number of aliphatic imine (C=N–C) groups is 1. The molecule has 1 N–H and O–H groups in total. The molecule has 3 rings (SSSR count). The van der Waals surface area contributed by atoms with Gasteiger partial charge in [-0.05, 0) is 55.8 Å². The lowest BCUT2D eigenvalue weighted by atomic mass is 10.1. The Balaban J connectivity index is 1.65. The third-order valence-corrected chi connectivity index (χ3v) is 4.54. The van der Waals surface area contributed by atoms with Crippen LogP contribution in [0.15, 0.2) is 53.5 Å². The number of amides is 2. The lowest BCUT2D eigenvalue weighted by Crippen LogP contribution is -2.48. The Morgan fingerprint density at radius 3 is 2.61 bits per heavy atom. The Kier molecular flexibility index (Phi) is 5.44. The average Bonchev–Trinajstić information content (AvgIpc) is 2.90. The summed E-state index contributed by atoms with van der Waals surface area (Å²) < 4.78 is 18.3. The van der Waals surface area contributed by atoms with Crippen molar-refractivity contribution in [3.8, 4) is 5.75 Å². The zero-order valence-electron chi connectivity index (χ0n) is 16.0. The molecule has 0 bridgehead atoms. The fourth-order valence-electron chi connectivity index (χ4n) is 3.00. The zero-order chi connectivity index (χ0) is 20.3. The van der Waals surface area contributed by atoms with E-state index in [-0.39, 0.29) is 29.9 Å². The highest BCUT2D eigenvalue weighted by atomic mass is 19.1. The predicted molar refractivity (Wildman–Crippen MR) is 104 cm³/mol. The fraction of sp³-hybridized carbons (Fsp3) is 0.286. The molecule has 0 saturated carbocycles. The highest BCUT2D eigenvalue weighted by Crippen LogP contribution is 2.26. The Hall–Kier alpha value is -3.22.